The predicted octanol–water partition coefficient (Wildman–Crippen LogP) is -1.39. The Morgan fingerprint density at radius 2 is 1.58 bits per heavy atom. The molecule has 0 aliphatic carbocycles. The van der Waals surface area contributed by atoms with E-state index in [-0.39, 0.29) is 0 Å². The van der Waals surface area contributed by atoms with E-state index in [0.717, 1.165) is 13.1 Å². The van der Waals surface area contributed by atoms with Crippen molar-refractivity contribution >= 4 is 5.91 Å². The van der Waals surface area contributed by atoms with Crippen molar-refractivity contribution in [2.75, 3.05) is 20.2 Å². The van der Waals surface area contributed by atoms with Gasteiger partial charge in [0, 0.05) is 13.6 Å². The minimum Gasteiger partial charge on any atom is -0.394 e. The molecule has 0 aliphatic heterocycles. The number of aliphatic hydroxyl groups is 5. The Morgan fingerprint density at radius 1 is 1.04 bits per heavy atom. The van der Waals surface area contributed by atoms with Gasteiger partial charge in [-0.15, -0.1) is 0 Å². The maximum absolute atomic E-state index is 13.6. The normalized spacial score (nSPS) is 16.4. The molecule has 1 rings (SSSR count). The van der Waals surface area contributed by atoms with Gasteiger partial charge in [-0.05, 0) is 12.1 Å². The highest BCUT2D eigenvalue weighted by atomic mass is 19.2. The van der Waals surface area contributed by atoms with Crippen LogP contribution in [0.2, 0.25) is 0 Å². The van der Waals surface area contributed by atoms with Crippen LogP contribution in [-0.4, -0.2) is 81.0 Å². The smallest absolute Gasteiger partial charge is 0.256 e. The Bertz CT molecular complexity index is 588. The van der Waals surface area contributed by atoms with Crippen LogP contribution in [0.3, 0.4) is 0 Å². The molecular formula is C14H18F3NO6. The zero-order valence-electron chi connectivity index (χ0n) is 12.6. The monoisotopic (exact) mass is 353 g/mol. The first kappa shape index (κ1) is 20.3. The quantitative estimate of drug-likeness (QED) is 0.385. The Labute approximate surface area is 135 Å². The molecule has 4 atom stereocenters. The van der Waals surface area contributed by atoms with Gasteiger partial charge in [-0.2, -0.15) is 0 Å². The van der Waals surface area contributed by atoms with Crippen LogP contribution in [0.5, 0.6) is 0 Å². The number of carbonyl (C=O) groups is 1. The highest BCUT2D eigenvalue weighted by molar-refractivity contribution is 5.94. The van der Waals surface area contributed by atoms with Gasteiger partial charge in [-0.25, -0.2) is 13.2 Å². The number of hydrogen-bond acceptors (Lipinski definition) is 6. The summed E-state index contributed by atoms with van der Waals surface area (Å²) in [4.78, 5) is 12.7. The number of halogens is 3. The molecule has 1 amide bonds. The van der Waals surface area contributed by atoms with Gasteiger partial charge in [0.1, 0.15) is 24.4 Å². The number of likely N-dealkylation sites (N-methyl/N-ethyl adjacent to an activating group) is 1. The third-order valence-corrected chi connectivity index (χ3v) is 3.40. The molecule has 1 aromatic carbocycles. The average Bonchev–Trinajstić information content (AvgIpc) is 2.56. The molecule has 0 bridgehead atoms. The molecule has 1 aromatic rings. The second-order valence-corrected chi connectivity index (χ2v) is 5.21. The molecule has 0 aliphatic rings. The van der Waals surface area contributed by atoms with Crippen LogP contribution in [0, 0.1) is 17.5 Å². The number of benzene rings is 1. The SMILES string of the molecule is CN(CC(O)C(O)C(O)C(O)CO)C(=O)c1ccc(F)c(F)c1F. The molecule has 0 fully saturated rings. The maximum atomic E-state index is 13.6. The molecule has 0 heterocycles. The van der Waals surface area contributed by atoms with Crippen LogP contribution in [-0.2, 0) is 0 Å². The largest absolute Gasteiger partial charge is 0.394 e. The minimum atomic E-state index is -1.92. The van der Waals surface area contributed by atoms with Crippen molar-refractivity contribution in [2.45, 2.75) is 24.4 Å². The summed E-state index contributed by atoms with van der Waals surface area (Å²) in [6.07, 6.45) is -7.30. The molecule has 10 heteroatoms. The lowest BCUT2D eigenvalue weighted by molar-refractivity contribution is -0.117. The molecule has 7 nitrogen and oxygen atoms in total. The lowest BCUT2D eigenvalue weighted by atomic mass is 10.0. The van der Waals surface area contributed by atoms with E-state index in [4.69, 9.17) is 5.11 Å². The summed E-state index contributed by atoms with van der Waals surface area (Å²) in [6, 6.07) is 1.28. The maximum Gasteiger partial charge on any atom is 0.256 e. The summed E-state index contributed by atoms with van der Waals surface area (Å²) in [5.74, 6) is -6.09. The van der Waals surface area contributed by atoms with Crippen molar-refractivity contribution in [3.05, 3.63) is 35.1 Å². The average molecular weight is 353 g/mol. The lowest BCUT2D eigenvalue weighted by Gasteiger charge is -2.28. The Hall–Kier alpha value is -1.72. The second-order valence-electron chi connectivity index (χ2n) is 5.21. The molecule has 136 valence electrons. The summed E-state index contributed by atoms with van der Waals surface area (Å²) in [5.41, 5.74) is -0.783. The van der Waals surface area contributed by atoms with E-state index < -0.39 is 66.5 Å². The van der Waals surface area contributed by atoms with Gasteiger partial charge in [0.15, 0.2) is 17.5 Å². The first-order chi connectivity index (χ1) is 11.1. The van der Waals surface area contributed by atoms with E-state index in [9.17, 15) is 38.4 Å². The number of carbonyl (C=O) groups excluding carboxylic acids is 1. The number of amides is 1. The van der Waals surface area contributed by atoms with Crippen LogP contribution >= 0.6 is 0 Å². The fourth-order valence-corrected chi connectivity index (χ4v) is 1.93. The standard InChI is InChI=1S/C14H18F3NO6/c1-18(4-8(20)12(22)13(23)9(21)5-19)14(24)6-2-3-7(15)11(17)10(6)16/h2-3,8-9,12-13,19-23H,4-5H2,1H3. The minimum absolute atomic E-state index is 0.562. The summed E-state index contributed by atoms with van der Waals surface area (Å²) < 4.78 is 39.6. The molecule has 0 radical (unpaired) electrons. The first-order valence-electron chi connectivity index (χ1n) is 6.83. The van der Waals surface area contributed by atoms with Crippen molar-refractivity contribution in [1.29, 1.82) is 0 Å². The van der Waals surface area contributed by atoms with E-state index in [1.165, 1.54) is 0 Å². The molecule has 0 spiro atoms. The molecule has 24 heavy (non-hydrogen) atoms. The van der Waals surface area contributed by atoms with Crippen molar-refractivity contribution in [2.24, 2.45) is 0 Å². The van der Waals surface area contributed by atoms with Gasteiger partial charge in [0.05, 0.1) is 12.2 Å². The van der Waals surface area contributed by atoms with Gasteiger partial charge in [-0.1, -0.05) is 0 Å². The zero-order chi connectivity index (χ0) is 18.6. The topological polar surface area (TPSA) is 121 Å². The number of aliphatic hydroxyl groups excluding tert-OH is 5. The van der Waals surface area contributed by atoms with E-state index in [1.54, 1.807) is 0 Å². The number of hydrogen-bond donors (Lipinski definition) is 5. The van der Waals surface area contributed by atoms with Gasteiger partial charge < -0.3 is 30.4 Å². The van der Waals surface area contributed by atoms with Crippen molar-refractivity contribution in [3.8, 4) is 0 Å². The van der Waals surface area contributed by atoms with Crippen LogP contribution < -0.4 is 0 Å². The summed E-state index contributed by atoms with van der Waals surface area (Å²) in [7, 11) is 1.09. The third kappa shape index (κ3) is 4.42. The van der Waals surface area contributed by atoms with Crippen LogP contribution in [0.15, 0.2) is 12.1 Å². The summed E-state index contributed by atoms with van der Waals surface area (Å²) >= 11 is 0. The highest BCUT2D eigenvalue weighted by Gasteiger charge is 2.32. The fourth-order valence-electron chi connectivity index (χ4n) is 1.93. The van der Waals surface area contributed by atoms with E-state index in [1.807, 2.05) is 0 Å². The second kappa shape index (κ2) is 8.40. The van der Waals surface area contributed by atoms with Gasteiger partial charge in [0.25, 0.3) is 5.91 Å². The van der Waals surface area contributed by atoms with E-state index in [2.05, 4.69) is 0 Å². The zero-order valence-corrected chi connectivity index (χ0v) is 12.6. The predicted molar refractivity (Wildman–Crippen MR) is 74.4 cm³/mol. The van der Waals surface area contributed by atoms with Crippen LogP contribution in [0.4, 0.5) is 13.2 Å². The van der Waals surface area contributed by atoms with E-state index in [0.29, 0.717) is 11.0 Å². The van der Waals surface area contributed by atoms with Gasteiger partial charge in [0.2, 0.25) is 0 Å². The lowest BCUT2D eigenvalue weighted by Crippen LogP contribution is -2.50. The summed E-state index contributed by atoms with van der Waals surface area (Å²) in [6.45, 7) is -1.49. The van der Waals surface area contributed by atoms with Gasteiger partial charge >= 0.3 is 0 Å². The molecule has 0 aromatic heterocycles. The molecule has 5 N–H and O–H groups in total. The molecule has 0 saturated carbocycles. The van der Waals surface area contributed by atoms with Crippen molar-refractivity contribution in [1.82, 2.24) is 4.90 Å². The Kier molecular flexibility index (Phi) is 7.11. The number of rotatable bonds is 7. The Balaban J connectivity index is 2.82. The summed E-state index contributed by atoms with van der Waals surface area (Å²) in [5, 5.41) is 46.7. The van der Waals surface area contributed by atoms with Crippen LogP contribution in [0.25, 0.3) is 0 Å². The number of nitrogens with zero attached hydrogens (tertiary/aromatic N) is 1. The Morgan fingerprint density at radius 3 is 2.12 bits per heavy atom. The molecular weight excluding hydrogens is 335 g/mol. The third-order valence-electron chi connectivity index (χ3n) is 3.40. The van der Waals surface area contributed by atoms with Crippen molar-refractivity contribution < 1.29 is 43.5 Å². The fraction of sp³-hybridized carbons (Fsp3) is 0.500. The highest BCUT2D eigenvalue weighted by Crippen LogP contribution is 2.17. The molecule has 0 saturated heterocycles. The molecule has 4 unspecified atom stereocenters. The first-order valence-corrected chi connectivity index (χ1v) is 6.83. The van der Waals surface area contributed by atoms with Gasteiger partial charge in [-0.3, -0.25) is 4.79 Å². The van der Waals surface area contributed by atoms with E-state index >= 15 is 0 Å². The van der Waals surface area contributed by atoms with Crippen molar-refractivity contribution in [3.63, 3.8) is 0 Å². The van der Waals surface area contributed by atoms with Crippen LogP contribution in [0.1, 0.15) is 10.4 Å².